The minimum absolute atomic E-state index is 0.147. The fraction of sp³-hybridized carbons (Fsp3) is 0.379. The molecule has 0 unspecified atom stereocenters. The Morgan fingerprint density at radius 1 is 1.00 bits per heavy atom. The van der Waals surface area contributed by atoms with E-state index >= 15 is 0 Å². The van der Waals surface area contributed by atoms with Gasteiger partial charge >= 0.3 is 0 Å². The Bertz CT molecular complexity index is 1360. The molecule has 1 fully saturated rings. The zero-order chi connectivity index (χ0) is 26.5. The molecule has 0 spiro atoms. The third kappa shape index (κ3) is 5.56. The normalized spacial score (nSPS) is 13.8. The zero-order valence-corrected chi connectivity index (χ0v) is 22.4. The van der Waals surface area contributed by atoms with E-state index in [4.69, 9.17) is 4.98 Å². The van der Waals surface area contributed by atoms with Crippen molar-refractivity contribution in [3.05, 3.63) is 66.7 Å². The lowest BCUT2D eigenvalue weighted by molar-refractivity contribution is -0.129. The summed E-state index contributed by atoms with van der Waals surface area (Å²) in [5.74, 6) is 0.728. The molecule has 4 heterocycles. The number of carbonyl (C=O) groups is 1. The lowest BCUT2D eigenvalue weighted by Crippen LogP contribution is -2.48. The van der Waals surface area contributed by atoms with Gasteiger partial charge in [0.2, 0.25) is 11.9 Å². The van der Waals surface area contributed by atoms with Gasteiger partial charge in [0, 0.05) is 80.2 Å². The average Bonchev–Trinajstić information content (AvgIpc) is 3.31. The maximum absolute atomic E-state index is 11.6. The van der Waals surface area contributed by atoms with Gasteiger partial charge in [-0.25, -0.2) is 4.98 Å². The molecular weight excluding hydrogens is 476 g/mol. The molecule has 1 aromatic carbocycles. The predicted octanol–water partition coefficient (Wildman–Crippen LogP) is 5.21. The van der Waals surface area contributed by atoms with Gasteiger partial charge in [0.1, 0.15) is 5.65 Å². The highest BCUT2D eigenvalue weighted by Crippen LogP contribution is 2.29. The molecule has 3 aromatic heterocycles. The first-order valence-corrected chi connectivity index (χ1v) is 13.4. The molecule has 0 atom stereocenters. The Kier molecular flexibility index (Phi) is 7.72. The number of aromatic nitrogens is 4. The zero-order valence-electron chi connectivity index (χ0n) is 22.4. The van der Waals surface area contributed by atoms with Crippen LogP contribution in [0.2, 0.25) is 0 Å². The van der Waals surface area contributed by atoms with E-state index < -0.39 is 0 Å². The summed E-state index contributed by atoms with van der Waals surface area (Å²) in [5, 5.41) is 7.91. The summed E-state index contributed by atoms with van der Waals surface area (Å²) in [6.45, 7) is 9.98. The van der Waals surface area contributed by atoms with Crippen molar-refractivity contribution < 1.29 is 4.79 Å². The van der Waals surface area contributed by atoms with E-state index in [1.807, 2.05) is 29.4 Å². The second kappa shape index (κ2) is 11.5. The van der Waals surface area contributed by atoms with E-state index in [1.54, 1.807) is 13.1 Å². The smallest absolute Gasteiger partial charge is 0.229 e. The molecule has 1 amide bonds. The third-order valence-electron chi connectivity index (χ3n) is 7.31. The molecule has 0 aliphatic carbocycles. The standard InChI is InChI=1S/C29H36N8O/c1-4-25(5-2)37-27(20-31-24-7-6-12-30-19-24)17-22-18-32-29(34-28(22)37)33-23-8-10-26(11-9-23)36-15-13-35(14-16-36)21(3)38/h6-12,17-19,25,31H,4-5,13-16,20H2,1-3H3,(H,32,33,34). The van der Waals surface area contributed by atoms with Gasteiger partial charge in [-0.2, -0.15) is 4.98 Å². The topological polar surface area (TPSA) is 91.2 Å². The van der Waals surface area contributed by atoms with E-state index in [1.165, 1.54) is 5.69 Å². The fourth-order valence-corrected chi connectivity index (χ4v) is 5.14. The van der Waals surface area contributed by atoms with Crippen LogP contribution in [0.15, 0.2) is 61.1 Å². The second-order valence-corrected chi connectivity index (χ2v) is 9.71. The highest BCUT2D eigenvalue weighted by Gasteiger charge is 2.19. The molecule has 38 heavy (non-hydrogen) atoms. The lowest BCUT2D eigenvalue weighted by Gasteiger charge is -2.35. The van der Waals surface area contributed by atoms with E-state index in [-0.39, 0.29) is 5.91 Å². The summed E-state index contributed by atoms with van der Waals surface area (Å²) in [6.07, 6.45) is 7.56. The van der Waals surface area contributed by atoms with Crippen molar-refractivity contribution in [1.29, 1.82) is 0 Å². The van der Waals surface area contributed by atoms with Crippen LogP contribution in [0.3, 0.4) is 0 Å². The SMILES string of the molecule is CCC(CC)n1c(CNc2cccnc2)cc2cnc(Nc3ccc(N4CCN(C(C)=O)CC4)cc3)nc21. The number of amides is 1. The van der Waals surface area contributed by atoms with Crippen LogP contribution in [0.1, 0.15) is 45.3 Å². The Hall–Kier alpha value is -4.14. The predicted molar refractivity (Wildman–Crippen MR) is 153 cm³/mol. The minimum Gasteiger partial charge on any atom is -0.378 e. The number of nitrogens with zero attached hydrogens (tertiary/aromatic N) is 6. The van der Waals surface area contributed by atoms with Gasteiger partial charge in [0.15, 0.2) is 0 Å². The monoisotopic (exact) mass is 512 g/mol. The van der Waals surface area contributed by atoms with Crippen LogP contribution in [-0.2, 0) is 11.3 Å². The number of nitrogens with one attached hydrogen (secondary N) is 2. The minimum atomic E-state index is 0.147. The summed E-state index contributed by atoms with van der Waals surface area (Å²) in [4.78, 5) is 29.6. The van der Waals surface area contributed by atoms with Gasteiger partial charge in [0.05, 0.1) is 12.2 Å². The third-order valence-corrected chi connectivity index (χ3v) is 7.31. The number of hydrogen-bond donors (Lipinski definition) is 2. The fourth-order valence-electron chi connectivity index (χ4n) is 5.14. The quantitative estimate of drug-likeness (QED) is 0.318. The molecule has 4 aromatic rings. The van der Waals surface area contributed by atoms with Gasteiger partial charge < -0.3 is 25.0 Å². The Balaban J connectivity index is 1.34. The number of fused-ring (bicyclic) bond motifs is 1. The van der Waals surface area contributed by atoms with Crippen LogP contribution in [-0.4, -0.2) is 56.5 Å². The lowest BCUT2D eigenvalue weighted by atomic mass is 10.1. The summed E-state index contributed by atoms with van der Waals surface area (Å²) in [5.41, 5.74) is 5.21. The number of carbonyl (C=O) groups excluding carboxylic acids is 1. The van der Waals surface area contributed by atoms with Crippen LogP contribution < -0.4 is 15.5 Å². The molecule has 2 N–H and O–H groups in total. The van der Waals surface area contributed by atoms with Crippen molar-refractivity contribution in [2.24, 2.45) is 0 Å². The van der Waals surface area contributed by atoms with Crippen LogP contribution in [0.4, 0.5) is 23.0 Å². The van der Waals surface area contributed by atoms with Crippen LogP contribution in [0.5, 0.6) is 0 Å². The van der Waals surface area contributed by atoms with Crippen molar-refractivity contribution in [1.82, 2.24) is 24.4 Å². The number of anilines is 4. The Morgan fingerprint density at radius 3 is 2.42 bits per heavy atom. The summed E-state index contributed by atoms with van der Waals surface area (Å²) in [6, 6.07) is 14.8. The largest absolute Gasteiger partial charge is 0.378 e. The highest BCUT2D eigenvalue weighted by atomic mass is 16.2. The van der Waals surface area contributed by atoms with Crippen LogP contribution in [0, 0.1) is 0 Å². The average molecular weight is 513 g/mol. The number of pyridine rings is 1. The number of piperazine rings is 1. The van der Waals surface area contributed by atoms with Crippen molar-refractivity contribution in [3.8, 4) is 0 Å². The molecule has 9 heteroatoms. The van der Waals surface area contributed by atoms with E-state index in [2.05, 4.69) is 74.2 Å². The van der Waals surface area contributed by atoms with Gasteiger partial charge in [-0.05, 0) is 55.3 Å². The van der Waals surface area contributed by atoms with Crippen molar-refractivity contribution in [2.75, 3.05) is 41.7 Å². The van der Waals surface area contributed by atoms with Crippen LogP contribution >= 0.6 is 0 Å². The van der Waals surface area contributed by atoms with Crippen molar-refractivity contribution >= 4 is 40.0 Å². The summed E-state index contributed by atoms with van der Waals surface area (Å²) in [7, 11) is 0. The maximum Gasteiger partial charge on any atom is 0.229 e. The van der Waals surface area contributed by atoms with E-state index in [0.29, 0.717) is 18.5 Å². The molecule has 5 rings (SSSR count). The molecule has 0 bridgehead atoms. The van der Waals surface area contributed by atoms with Crippen LogP contribution in [0.25, 0.3) is 11.0 Å². The molecule has 0 radical (unpaired) electrons. The molecule has 1 saturated heterocycles. The Morgan fingerprint density at radius 2 is 1.76 bits per heavy atom. The second-order valence-electron chi connectivity index (χ2n) is 9.71. The van der Waals surface area contributed by atoms with Crippen molar-refractivity contribution in [2.45, 2.75) is 46.2 Å². The molecule has 1 aliphatic heterocycles. The van der Waals surface area contributed by atoms with E-state index in [0.717, 1.165) is 67.1 Å². The first-order chi connectivity index (χ1) is 18.6. The molecule has 1 aliphatic rings. The highest BCUT2D eigenvalue weighted by molar-refractivity contribution is 5.79. The van der Waals surface area contributed by atoms with Gasteiger partial charge in [-0.15, -0.1) is 0 Å². The van der Waals surface area contributed by atoms with Gasteiger partial charge in [-0.1, -0.05) is 13.8 Å². The molecule has 198 valence electrons. The maximum atomic E-state index is 11.6. The first-order valence-electron chi connectivity index (χ1n) is 13.4. The number of hydrogen-bond acceptors (Lipinski definition) is 7. The molecular formula is C29H36N8O. The Labute approximate surface area is 223 Å². The summed E-state index contributed by atoms with van der Waals surface area (Å²) >= 11 is 0. The van der Waals surface area contributed by atoms with Gasteiger partial charge in [0.25, 0.3) is 0 Å². The van der Waals surface area contributed by atoms with E-state index in [9.17, 15) is 4.79 Å². The number of rotatable bonds is 9. The summed E-state index contributed by atoms with van der Waals surface area (Å²) < 4.78 is 2.36. The van der Waals surface area contributed by atoms with Crippen molar-refractivity contribution in [3.63, 3.8) is 0 Å². The van der Waals surface area contributed by atoms with Gasteiger partial charge in [-0.3, -0.25) is 9.78 Å². The molecule has 0 saturated carbocycles. The number of benzene rings is 1. The first kappa shape index (κ1) is 25.5. The molecule has 9 nitrogen and oxygen atoms in total.